The molecule has 0 aromatic heterocycles. The number of ether oxygens (including phenoxy) is 1. The van der Waals surface area contributed by atoms with Crippen molar-refractivity contribution in [2.45, 2.75) is 6.61 Å². The Morgan fingerprint density at radius 2 is 1.82 bits per heavy atom. The topological polar surface area (TPSA) is 9.23 Å². The number of para-hydroxylation sites is 1. The van der Waals surface area contributed by atoms with Crippen LogP contribution in [0.3, 0.4) is 0 Å². The van der Waals surface area contributed by atoms with Crippen molar-refractivity contribution >= 4 is 17.7 Å². The summed E-state index contributed by atoms with van der Waals surface area (Å²) in [7, 11) is 0. The molecule has 1 nitrogen and oxygen atoms in total. The molecular weight excluding hydrogens is 232 g/mol. The lowest BCUT2D eigenvalue weighted by molar-refractivity contribution is 0.306. The molecule has 0 radical (unpaired) electrons. The van der Waals surface area contributed by atoms with Crippen LogP contribution in [0, 0.1) is 0 Å². The van der Waals surface area contributed by atoms with Gasteiger partial charge in [-0.05, 0) is 11.6 Å². The van der Waals surface area contributed by atoms with Crippen molar-refractivity contribution in [2.24, 2.45) is 0 Å². The second-order valence-corrected chi connectivity index (χ2v) is 4.04. The molecule has 17 heavy (non-hydrogen) atoms. The third-order valence-electron chi connectivity index (χ3n) is 2.44. The van der Waals surface area contributed by atoms with Gasteiger partial charge in [-0.25, -0.2) is 0 Å². The fraction of sp³-hybridized carbons (Fsp3) is 0.0667. The number of hydrogen-bond acceptors (Lipinski definition) is 1. The molecule has 0 amide bonds. The maximum atomic E-state index is 6.10. The van der Waals surface area contributed by atoms with Crippen molar-refractivity contribution < 1.29 is 4.74 Å². The highest BCUT2D eigenvalue weighted by atomic mass is 35.5. The lowest BCUT2D eigenvalue weighted by Crippen LogP contribution is -1.97. The SMILES string of the molecule is C=Cc1cccc(Cl)c1OCc1ccccc1. The summed E-state index contributed by atoms with van der Waals surface area (Å²) >= 11 is 6.10. The van der Waals surface area contributed by atoms with Crippen molar-refractivity contribution in [1.82, 2.24) is 0 Å². The van der Waals surface area contributed by atoms with E-state index in [0.29, 0.717) is 17.4 Å². The molecule has 0 unspecified atom stereocenters. The van der Waals surface area contributed by atoms with E-state index in [4.69, 9.17) is 16.3 Å². The minimum absolute atomic E-state index is 0.505. The predicted molar refractivity (Wildman–Crippen MR) is 72.3 cm³/mol. The van der Waals surface area contributed by atoms with Gasteiger partial charge in [-0.15, -0.1) is 0 Å². The van der Waals surface area contributed by atoms with Crippen molar-refractivity contribution in [3.8, 4) is 5.75 Å². The Labute approximate surface area is 106 Å². The van der Waals surface area contributed by atoms with Crippen LogP contribution in [0.2, 0.25) is 5.02 Å². The first-order valence-corrected chi connectivity index (χ1v) is 5.76. The Morgan fingerprint density at radius 1 is 1.06 bits per heavy atom. The molecule has 2 heteroatoms. The van der Waals surface area contributed by atoms with E-state index in [9.17, 15) is 0 Å². The fourth-order valence-corrected chi connectivity index (χ4v) is 1.80. The lowest BCUT2D eigenvalue weighted by Gasteiger charge is -2.10. The Bertz CT molecular complexity index is 506. The van der Waals surface area contributed by atoms with Gasteiger partial charge in [0.2, 0.25) is 0 Å². The first-order chi connectivity index (χ1) is 8.31. The normalized spacial score (nSPS) is 9.94. The van der Waals surface area contributed by atoms with Crippen molar-refractivity contribution in [1.29, 1.82) is 0 Å². The van der Waals surface area contributed by atoms with E-state index in [1.54, 1.807) is 6.08 Å². The van der Waals surface area contributed by atoms with E-state index in [1.165, 1.54) is 0 Å². The summed E-state index contributed by atoms with van der Waals surface area (Å²) in [5.41, 5.74) is 2.02. The molecule has 0 saturated heterocycles. The second kappa shape index (κ2) is 5.55. The Balaban J connectivity index is 2.16. The van der Waals surface area contributed by atoms with Gasteiger partial charge in [0.1, 0.15) is 12.4 Å². The number of halogens is 1. The highest BCUT2D eigenvalue weighted by Crippen LogP contribution is 2.30. The van der Waals surface area contributed by atoms with Gasteiger partial charge in [-0.1, -0.05) is 66.7 Å². The van der Waals surface area contributed by atoms with Crippen molar-refractivity contribution in [2.75, 3.05) is 0 Å². The molecule has 0 N–H and O–H groups in total. The maximum Gasteiger partial charge on any atom is 0.145 e. The van der Waals surface area contributed by atoms with Gasteiger partial charge in [0, 0.05) is 5.56 Å². The molecule has 0 aliphatic heterocycles. The molecule has 0 saturated carbocycles. The minimum Gasteiger partial charge on any atom is -0.487 e. The summed E-state index contributed by atoms with van der Waals surface area (Å²) in [6, 6.07) is 15.6. The average Bonchev–Trinajstić information content (AvgIpc) is 2.38. The number of benzene rings is 2. The molecule has 2 rings (SSSR count). The van der Waals surface area contributed by atoms with E-state index in [1.807, 2.05) is 48.5 Å². The summed E-state index contributed by atoms with van der Waals surface area (Å²) in [4.78, 5) is 0. The highest BCUT2D eigenvalue weighted by Gasteiger charge is 2.05. The number of rotatable bonds is 4. The van der Waals surface area contributed by atoms with Crippen LogP contribution in [-0.4, -0.2) is 0 Å². The van der Waals surface area contributed by atoms with E-state index in [2.05, 4.69) is 6.58 Å². The summed E-state index contributed by atoms with van der Waals surface area (Å²) < 4.78 is 5.74. The van der Waals surface area contributed by atoms with Crippen LogP contribution in [0.4, 0.5) is 0 Å². The smallest absolute Gasteiger partial charge is 0.145 e. The molecule has 0 atom stereocenters. The Hall–Kier alpha value is -1.73. The molecule has 86 valence electrons. The molecule has 0 bridgehead atoms. The number of hydrogen-bond donors (Lipinski definition) is 0. The molecule has 0 heterocycles. The first kappa shape index (κ1) is 11.7. The molecule has 0 spiro atoms. The third-order valence-corrected chi connectivity index (χ3v) is 2.74. The molecule has 0 aliphatic rings. The van der Waals surface area contributed by atoms with Gasteiger partial charge in [-0.2, -0.15) is 0 Å². The largest absolute Gasteiger partial charge is 0.487 e. The monoisotopic (exact) mass is 244 g/mol. The molecular formula is C15H13ClO. The first-order valence-electron chi connectivity index (χ1n) is 5.39. The average molecular weight is 245 g/mol. The van der Waals surface area contributed by atoms with Gasteiger partial charge in [0.05, 0.1) is 5.02 Å². The predicted octanol–water partition coefficient (Wildman–Crippen LogP) is 4.56. The zero-order valence-electron chi connectivity index (χ0n) is 9.40. The van der Waals surface area contributed by atoms with Crippen LogP contribution in [0.25, 0.3) is 6.08 Å². The van der Waals surface area contributed by atoms with Crippen LogP contribution in [0.5, 0.6) is 5.75 Å². The zero-order valence-corrected chi connectivity index (χ0v) is 10.2. The minimum atomic E-state index is 0.505. The second-order valence-electron chi connectivity index (χ2n) is 3.64. The van der Waals surface area contributed by atoms with Crippen molar-refractivity contribution in [3.63, 3.8) is 0 Å². The lowest BCUT2D eigenvalue weighted by atomic mass is 10.2. The Kier molecular flexibility index (Phi) is 3.84. The van der Waals surface area contributed by atoms with Crippen LogP contribution in [-0.2, 0) is 6.61 Å². The fourth-order valence-electron chi connectivity index (χ4n) is 1.57. The quantitative estimate of drug-likeness (QED) is 0.766. The van der Waals surface area contributed by atoms with Gasteiger partial charge in [-0.3, -0.25) is 0 Å². The summed E-state index contributed by atoms with van der Waals surface area (Å²) in [6.07, 6.45) is 1.74. The van der Waals surface area contributed by atoms with Gasteiger partial charge >= 0.3 is 0 Å². The van der Waals surface area contributed by atoms with Crippen LogP contribution < -0.4 is 4.74 Å². The zero-order chi connectivity index (χ0) is 12.1. The van der Waals surface area contributed by atoms with Crippen molar-refractivity contribution in [3.05, 3.63) is 71.3 Å². The summed E-state index contributed by atoms with van der Waals surface area (Å²) in [5, 5.41) is 0.610. The highest BCUT2D eigenvalue weighted by molar-refractivity contribution is 6.32. The maximum absolute atomic E-state index is 6.10. The van der Waals surface area contributed by atoms with Crippen LogP contribution in [0.15, 0.2) is 55.1 Å². The molecule has 2 aromatic carbocycles. The molecule has 0 fully saturated rings. The van der Waals surface area contributed by atoms with Crippen LogP contribution >= 0.6 is 11.6 Å². The third kappa shape index (κ3) is 2.89. The molecule has 2 aromatic rings. The summed E-state index contributed by atoms with van der Waals surface area (Å²) in [5.74, 6) is 0.688. The van der Waals surface area contributed by atoms with Gasteiger partial charge in [0.25, 0.3) is 0 Å². The van der Waals surface area contributed by atoms with E-state index >= 15 is 0 Å². The van der Waals surface area contributed by atoms with Gasteiger partial charge < -0.3 is 4.74 Å². The molecule has 0 aliphatic carbocycles. The standard InChI is InChI=1S/C15H13ClO/c1-2-13-9-6-10-14(16)15(13)17-11-12-7-4-3-5-8-12/h2-10H,1,11H2. The summed E-state index contributed by atoms with van der Waals surface area (Å²) in [6.45, 7) is 4.25. The van der Waals surface area contributed by atoms with E-state index < -0.39 is 0 Å². The van der Waals surface area contributed by atoms with Gasteiger partial charge in [0.15, 0.2) is 0 Å². The van der Waals surface area contributed by atoms with Crippen LogP contribution in [0.1, 0.15) is 11.1 Å². The Morgan fingerprint density at radius 3 is 2.53 bits per heavy atom. The van der Waals surface area contributed by atoms with E-state index in [0.717, 1.165) is 11.1 Å². The van der Waals surface area contributed by atoms with E-state index in [-0.39, 0.29) is 0 Å².